The monoisotopic (exact) mass is 407 g/mol. The number of amides is 1. The summed E-state index contributed by atoms with van der Waals surface area (Å²) in [5, 5.41) is 11.2. The molecule has 6 nitrogen and oxygen atoms in total. The zero-order valence-corrected chi connectivity index (χ0v) is 14.8. The first-order chi connectivity index (χ1) is 12.0. The highest BCUT2D eigenvalue weighted by molar-refractivity contribution is 9.10. The molecule has 1 aliphatic heterocycles. The van der Waals surface area contributed by atoms with Crippen molar-refractivity contribution in [3.63, 3.8) is 0 Å². The average Bonchev–Trinajstić information content (AvgIpc) is 2.63. The number of para-hydroxylation sites is 2. The van der Waals surface area contributed by atoms with Crippen LogP contribution in [0.4, 0.5) is 15.8 Å². The van der Waals surface area contributed by atoms with Crippen LogP contribution in [0.2, 0.25) is 0 Å². The van der Waals surface area contributed by atoms with Gasteiger partial charge in [-0.2, -0.15) is 0 Å². The molecule has 1 fully saturated rings. The van der Waals surface area contributed by atoms with Gasteiger partial charge in [-0.15, -0.1) is 0 Å². The molecule has 3 rings (SSSR count). The molecule has 0 spiro atoms. The van der Waals surface area contributed by atoms with Gasteiger partial charge in [0, 0.05) is 36.7 Å². The van der Waals surface area contributed by atoms with Gasteiger partial charge in [-0.25, -0.2) is 4.39 Å². The van der Waals surface area contributed by atoms with E-state index in [-0.39, 0.29) is 17.2 Å². The lowest BCUT2D eigenvalue weighted by Gasteiger charge is -2.35. The number of rotatable bonds is 3. The highest BCUT2D eigenvalue weighted by atomic mass is 79.9. The molecule has 0 N–H and O–H groups in total. The Morgan fingerprint density at radius 3 is 2.48 bits per heavy atom. The van der Waals surface area contributed by atoms with Crippen LogP contribution >= 0.6 is 15.9 Å². The average molecular weight is 408 g/mol. The van der Waals surface area contributed by atoms with Gasteiger partial charge < -0.3 is 9.80 Å². The van der Waals surface area contributed by atoms with Crippen molar-refractivity contribution in [1.82, 2.24) is 4.90 Å². The molecular weight excluding hydrogens is 393 g/mol. The van der Waals surface area contributed by atoms with E-state index in [1.165, 1.54) is 18.2 Å². The largest absolute Gasteiger partial charge is 0.362 e. The Morgan fingerprint density at radius 1 is 1.12 bits per heavy atom. The van der Waals surface area contributed by atoms with Crippen LogP contribution in [-0.2, 0) is 0 Å². The number of anilines is 1. The summed E-state index contributed by atoms with van der Waals surface area (Å²) in [4.78, 5) is 26.7. The van der Waals surface area contributed by atoms with E-state index in [1.807, 2.05) is 4.90 Å². The third-order valence-corrected chi connectivity index (χ3v) is 4.64. The Kier molecular flexibility index (Phi) is 4.98. The normalized spacial score (nSPS) is 14.5. The first-order valence-electron chi connectivity index (χ1n) is 7.70. The van der Waals surface area contributed by atoms with Gasteiger partial charge >= 0.3 is 0 Å². The van der Waals surface area contributed by atoms with Crippen molar-refractivity contribution in [3.8, 4) is 0 Å². The van der Waals surface area contributed by atoms with Crippen LogP contribution in [0, 0.1) is 15.9 Å². The quantitative estimate of drug-likeness (QED) is 0.577. The van der Waals surface area contributed by atoms with Crippen LogP contribution in [0.25, 0.3) is 0 Å². The van der Waals surface area contributed by atoms with E-state index in [1.54, 1.807) is 29.2 Å². The molecule has 2 aromatic carbocycles. The predicted octanol–water partition coefficient (Wildman–Crippen LogP) is 3.46. The first kappa shape index (κ1) is 17.3. The van der Waals surface area contributed by atoms with Crippen molar-refractivity contribution in [2.75, 3.05) is 31.1 Å². The van der Waals surface area contributed by atoms with Crippen molar-refractivity contribution >= 4 is 33.2 Å². The second-order valence-electron chi connectivity index (χ2n) is 5.65. The van der Waals surface area contributed by atoms with Crippen LogP contribution in [0.5, 0.6) is 0 Å². The number of hydrogen-bond donors (Lipinski definition) is 0. The molecule has 0 radical (unpaired) electrons. The summed E-state index contributed by atoms with van der Waals surface area (Å²) < 4.78 is 14.5. The van der Waals surface area contributed by atoms with E-state index in [2.05, 4.69) is 15.9 Å². The van der Waals surface area contributed by atoms with Crippen LogP contribution in [0.15, 0.2) is 46.9 Å². The molecule has 8 heteroatoms. The molecule has 0 bridgehead atoms. The van der Waals surface area contributed by atoms with Gasteiger partial charge in [0.05, 0.1) is 10.5 Å². The molecular formula is C17H15BrFN3O3. The lowest BCUT2D eigenvalue weighted by molar-refractivity contribution is -0.384. The Hall–Kier alpha value is -2.48. The molecule has 0 aliphatic carbocycles. The van der Waals surface area contributed by atoms with E-state index in [4.69, 9.17) is 0 Å². The minimum atomic E-state index is -0.561. The number of hydrogen-bond acceptors (Lipinski definition) is 4. The van der Waals surface area contributed by atoms with Crippen LogP contribution < -0.4 is 4.90 Å². The standard InChI is InChI=1S/C17H15BrFN3O3/c18-12-5-6-14(19)13(11-12)17(23)21-9-7-20(8-10-21)15-3-1-2-4-16(15)22(24)25/h1-6,11H,7-10H2. The Balaban J connectivity index is 1.73. The van der Waals surface area contributed by atoms with Gasteiger partial charge in [0.25, 0.3) is 11.6 Å². The summed E-state index contributed by atoms with van der Waals surface area (Å²) >= 11 is 3.24. The molecule has 1 aliphatic rings. The highest BCUT2D eigenvalue weighted by Gasteiger charge is 2.27. The van der Waals surface area contributed by atoms with Crippen molar-refractivity contribution in [3.05, 3.63) is 68.4 Å². The minimum absolute atomic E-state index is 0.0218. The number of nitrogens with zero attached hydrogens (tertiary/aromatic N) is 3. The fraction of sp³-hybridized carbons (Fsp3) is 0.235. The maximum absolute atomic E-state index is 13.9. The molecule has 0 unspecified atom stereocenters. The zero-order valence-electron chi connectivity index (χ0n) is 13.2. The van der Waals surface area contributed by atoms with Gasteiger partial charge in [0.15, 0.2) is 0 Å². The highest BCUT2D eigenvalue weighted by Crippen LogP contribution is 2.28. The molecule has 1 saturated heterocycles. The van der Waals surface area contributed by atoms with Crippen LogP contribution in [0.3, 0.4) is 0 Å². The second kappa shape index (κ2) is 7.18. The van der Waals surface area contributed by atoms with Gasteiger partial charge in [-0.1, -0.05) is 28.1 Å². The van der Waals surface area contributed by atoms with Gasteiger partial charge in [0.2, 0.25) is 0 Å². The zero-order chi connectivity index (χ0) is 18.0. The molecule has 0 aromatic heterocycles. The Bertz CT molecular complexity index is 823. The maximum atomic E-state index is 13.9. The Labute approximate surface area is 152 Å². The SMILES string of the molecule is O=C(c1cc(Br)ccc1F)N1CCN(c2ccccc2[N+](=O)[O-])CC1. The lowest BCUT2D eigenvalue weighted by atomic mass is 10.1. The van der Waals surface area contributed by atoms with Gasteiger partial charge in [-0.3, -0.25) is 14.9 Å². The molecule has 0 saturated carbocycles. The summed E-state index contributed by atoms with van der Waals surface area (Å²) in [5.74, 6) is -0.935. The predicted molar refractivity (Wildman–Crippen MR) is 95.3 cm³/mol. The molecule has 0 atom stereocenters. The summed E-state index contributed by atoms with van der Waals surface area (Å²) in [7, 11) is 0. The first-order valence-corrected chi connectivity index (χ1v) is 8.49. The summed E-state index contributed by atoms with van der Waals surface area (Å²) in [6.07, 6.45) is 0. The number of carbonyl (C=O) groups excluding carboxylic acids is 1. The maximum Gasteiger partial charge on any atom is 0.292 e. The Morgan fingerprint density at radius 2 is 1.80 bits per heavy atom. The molecule has 1 heterocycles. The van der Waals surface area contributed by atoms with E-state index < -0.39 is 10.7 Å². The fourth-order valence-corrected chi connectivity index (χ4v) is 3.23. The third kappa shape index (κ3) is 3.63. The molecule has 1 amide bonds. The summed E-state index contributed by atoms with van der Waals surface area (Å²) in [6.45, 7) is 1.64. The third-order valence-electron chi connectivity index (χ3n) is 4.14. The number of carbonyl (C=O) groups is 1. The second-order valence-corrected chi connectivity index (χ2v) is 6.56. The van der Waals surface area contributed by atoms with Crippen molar-refractivity contribution in [2.24, 2.45) is 0 Å². The van der Waals surface area contributed by atoms with Crippen LogP contribution in [0.1, 0.15) is 10.4 Å². The van der Waals surface area contributed by atoms with Crippen molar-refractivity contribution in [1.29, 1.82) is 0 Å². The lowest BCUT2D eigenvalue weighted by Crippen LogP contribution is -2.49. The molecule has 25 heavy (non-hydrogen) atoms. The number of piperazine rings is 1. The van der Waals surface area contributed by atoms with Crippen molar-refractivity contribution in [2.45, 2.75) is 0 Å². The topological polar surface area (TPSA) is 66.7 Å². The smallest absolute Gasteiger partial charge is 0.292 e. The van der Waals surface area contributed by atoms with Crippen molar-refractivity contribution < 1.29 is 14.1 Å². The van der Waals surface area contributed by atoms with E-state index in [0.717, 1.165) is 0 Å². The van der Waals surface area contributed by atoms with E-state index in [9.17, 15) is 19.3 Å². The number of nitro groups is 1. The van der Waals surface area contributed by atoms with Gasteiger partial charge in [-0.05, 0) is 24.3 Å². The number of benzene rings is 2. The molecule has 2 aromatic rings. The van der Waals surface area contributed by atoms with E-state index in [0.29, 0.717) is 36.3 Å². The fourth-order valence-electron chi connectivity index (χ4n) is 2.87. The van der Waals surface area contributed by atoms with Crippen LogP contribution in [-0.4, -0.2) is 41.9 Å². The number of halogens is 2. The number of nitro benzene ring substituents is 1. The van der Waals surface area contributed by atoms with Gasteiger partial charge in [0.1, 0.15) is 11.5 Å². The van der Waals surface area contributed by atoms with E-state index >= 15 is 0 Å². The summed E-state index contributed by atoms with van der Waals surface area (Å²) in [6, 6.07) is 10.8. The summed E-state index contributed by atoms with van der Waals surface area (Å²) in [5.41, 5.74) is 0.599. The molecule has 130 valence electrons. The minimum Gasteiger partial charge on any atom is -0.362 e.